The number of unbranched alkanes of at least 4 members (excludes halogenated alkanes) is 1. The molecule has 1 unspecified atom stereocenters. The minimum absolute atomic E-state index is 0.0894. The zero-order chi connectivity index (χ0) is 14.1. The molecule has 0 aromatic carbocycles. The Hall–Kier alpha value is -1.30. The fourth-order valence-corrected chi connectivity index (χ4v) is 2.42. The number of carbonyl (C=O) groups excluding carboxylic acids is 1. The summed E-state index contributed by atoms with van der Waals surface area (Å²) in [5, 5.41) is 20.3. The lowest BCUT2D eigenvalue weighted by Gasteiger charge is -2.35. The van der Waals surface area contributed by atoms with E-state index in [1.807, 2.05) is 0 Å². The van der Waals surface area contributed by atoms with Crippen LogP contribution < -0.4 is 5.32 Å². The number of nitrogens with one attached hydrogen (secondary N) is 1. The average Bonchev–Trinajstić information content (AvgIpc) is 2.39. The fourth-order valence-electron chi connectivity index (χ4n) is 2.42. The van der Waals surface area contributed by atoms with Gasteiger partial charge in [-0.2, -0.15) is 0 Å². The minimum atomic E-state index is -0.801. The van der Waals surface area contributed by atoms with Crippen LogP contribution in [0.3, 0.4) is 0 Å². The Morgan fingerprint density at radius 3 is 2.74 bits per heavy atom. The molecule has 0 aliphatic carbocycles. The molecule has 1 aliphatic rings. The van der Waals surface area contributed by atoms with Crippen molar-refractivity contribution in [2.45, 2.75) is 51.0 Å². The van der Waals surface area contributed by atoms with Gasteiger partial charge in [0.2, 0.25) is 0 Å². The van der Waals surface area contributed by atoms with E-state index in [1.54, 1.807) is 4.90 Å². The van der Waals surface area contributed by atoms with Crippen LogP contribution in [0.5, 0.6) is 0 Å². The zero-order valence-electron chi connectivity index (χ0n) is 11.3. The maximum absolute atomic E-state index is 12.0. The fraction of sp³-hybridized carbons (Fsp3) is 0.846. The number of carboxylic acids is 1. The van der Waals surface area contributed by atoms with Crippen LogP contribution in [0.25, 0.3) is 0 Å². The summed E-state index contributed by atoms with van der Waals surface area (Å²) in [4.78, 5) is 24.1. The molecule has 0 saturated carbocycles. The van der Waals surface area contributed by atoms with Gasteiger partial charge in [-0.3, -0.25) is 4.79 Å². The number of carboxylic acid groups (broad SMARTS) is 1. The van der Waals surface area contributed by atoms with Crippen molar-refractivity contribution >= 4 is 12.0 Å². The van der Waals surface area contributed by atoms with Crippen LogP contribution >= 0.6 is 0 Å². The summed E-state index contributed by atoms with van der Waals surface area (Å²) in [7, 11) is 0. The van der Waals surface area contributed by atoms with Crippen molar-refractivity contribution in [3.8, 4) is 0 Å². The van der Waals surface area contributed by atoms with Gasteiger partial charge in [-0.05, 0) is 38.5 Å². The van der Waals surface area contributed by atoms with Gasteiger partial charge in [0, 0.05) is 32.2 Å². The van der Waals surface area contributed by atoms with Crippen LogP contribution in [0.2, 0.25) is 0 Å². The summed E-state index contributed by atoms with van der Waals surface area (Å²) < 4.78 is 0. The summed E-state index contributed by atoms with van der Waals surface area (Å²) in [6.45, 7) is 1.35. The highest BCUT2D eigenvalue weighted by atomic mass is 16.4. The molecule has 110 valence electrons. The third kappa shape index (κ3) is 5.92. The molecule has 1 rings (SSSR count). The van der Waals surface area contributed by atoms with Crippen molar-refractivity contribution in [3.63, 3.8) is 0 Å². The molecule has 1 fully saturated rings. The summed E-state index contributed by atoms with van der Waals surface area (Å²) >= 11 is 0. The third-order valence-corrected chi connectivity index (χ3v) is 3.44. The Kier molecular flexibility index (Phi) is 7.25. The van der Waals surface area contributed by atoms with E-state index >= 15 is 0 Å². The molecule has 6 nitrogen and oxygen atoms in total. The minimum Gasteiger partial charge on any atom is -0.481 e. The Morgan fingerprint density at radius 2 is 2.05 bits per heavy atom. The number of carbonyl (C=O) groups is 2. The molecule has 1 atom stereocenters. The van der Waals surface area contributed by atoms with Crippen molar-refractivity contribution in [1.29, 1.82) is 0 Å². The molecule has 0 radical (unpaired) electrons. The van der Waals surface area contributed by atoms with Crippen LogP contribution in [-0.2, 0) is 4.79 Å². The Labute approximate surface area is 113 Å². The first-order valence-electron chi connectivity index (χ1n) is 7.02. The highest BCUT2D eigenvalue weighted by Gasteiger charge is 2.25. The van der Waals surface area contributed by atoms with E-state index in [0.29, 0.717) is 25.8 Å². The molecule has 6 heteroatoms. The molecule has 1 saturated heterocycles. The first-order valence-corrected chi connectivity index (χ1v) is 7.02. The second-order valence-electron chi connectivity index (χ2n) is 4.94. The number of piperidine rings is 1. The number of hydrogen-bond donors (Lipinski definition) is 3. The van der Waals surface area contributed by atoms with E-state index in [9.17, 15) is 9.59 Å². The SMILES string of the molecule is O=C(O)CCCCNC(=O)N1CCCCC1CCO. The van der Waals surface area contributed by atoms with Crippen LogP contribution in [0.1, 0.15) is 44.9 Å². The van der Waals surface area contributed by atoms with Crippen molar-refractivity contribution in [2.24, 2.45) is 0 Å². The van der Waals surface area contributed by atoms with Crippen molar-refractivity contribution in [1.82, 2.24) is 10.2 Å². The van der Waals surface area contributed by atoms with Crippen molar-refractivity contribution in [2.75, 3.05) is 19.7 Å². The number of aliphatic hydroxyl groups is 1. The first-order chi connectivity index (χ1) is 9.15. The predicted octanol–water partition coefficient (Wildman–Crippen LogP) is 1.19. The highest BCUT2D eigenvalue weighted by Crippen LogP contribution is 2.19. The average molecular weight is 272 g/mol. The first kappa shape index (κ1) is 15.8. The molecule has 0 aromatic heterocycles. The van der Waals surface area contributed by atoms with Gasteiger partial charge < -0.3 is 20.4 Å². The van der Waals surface area contributed by atoms with E-state index in [2.05, 4.69) is 5.32 Å². The number of aliphatic carboxylic acids is 1. The van der Waals surface area contributed by atoms with Crippen LogP contribution in [-0.4, -0.2) is 52.9 Å². The van der Waals surface area contributed by atoms with Gasteiger partial charge >= 0.3 is 12.0 Å². The predicted molar refractivity (Wildman–Crippen MR) is 70.9 cm³/mol. The molecule has 0 spiro atoms. The normalized spacial score (nSPS) is 19.2. The van der Waals surface area contributed by atoms with Crippen LogP contribution in [0.15, 0.2) is 0 Å². The molecular formula is C13H24N2O4. The number of nitrogens with zero attached hydrogens (tertiary/aromatic N) is 1. The lowest BCUT2D eigenvalue weighted by atomic mass is 10.0. The highest BCUT2D eigenvalue weighted by molar-refractivity contribution is 5.74. The molecule has 1 aliphatic heterocycles. The Balaban J connectivity index is 2.24. The number of urea groups is 1. The van der Waals surface area contributed by atoms with Gasteiger partial charge in [0.1, 0.15) is 0 Å². The van der Waals surface area contributed by atoms with Gasteiger partial charge in [0.15, 0.2) is 0 Å². The topological polar surface area (TPSA) is 89.9 Å². The maximum Gasteiger partial charge on any atom is 0.317 e. The van der Waals surface area contributed by atoms with Gasteiger partial charge in [0.25, 0.3) is 0 Å². The second kappa shape index (κ2) is 8.74. The molecule has 0 bridgehead atoms. The standard InChI is InChI=1S/C13H24N2O4/c16-10-7-11-5-2-4-9-15(11)13(19)14-8-3-1-6-12(17)18/h11,16H,1-10H2,(H,14,19)(H,17,18). The monoisotopic (exact) mass is 272 g/mol. The number of aliphatic hydroxyl groups excluding tert-OH is 1. The van der Waals surface area contributed by atoms with E-state index in [4.69, 9.17) is 10.2 Å². The Morgan fingerprint density at radius 1 is 1.26 bits per heavy atom. The third-order valence-electron chi connectivity index (χ3n) is 3.44. The summed E-state index contributed by atoms with van der Waals surface area (Å²) in [6.07, 6.45) is 5.10. The summed E-state index contributed by atoms with van der Waals surface area (Å²) in [6, 6.07) is 0.0474. The quantitative estimate of drug-likeness (QED) is 0.607. The van der Waals surface area contributed by atoms with Gasteiger partial charge in [-0.1, -0.05) is 0 Å². The lowest BCUT2D eigenvalue weighted by Crippen LogP contribution is -2.49. The number of hydrogen-bond acceptors (Lipinski definition) is 3. The summed E-state index contributed by atoms with van der Waals surface area (Å²) in [5.74, 6) is -0.801. The molecule has 0 aromatic rings. The number of likely N-dealkylation sites (tertiary alicyclic amines) is 1. The summed E-state index contributed by atoms with van der Waals surface area (Å²) in [5.41, 5.74) is 0. The smallest absolute Gasteiger partial charge is 0.317 e. The van der Waals surface area contributed by atoms with Gasteiger partial charge in [0.05, 0.1) is 0 Å². The van der Waals surface area contributed by atoms with E-state index in [-0.39, 0.29) is 25.1 Å². The largest absolute Gasteiger partial charge is 0.481 e. The Bertz CT molecular complexity index is 294. The van der Waals surface area contributed by atoms with E-state index < -0.39 is 5.97 Å². The maximum atomic E-state index is 12.0. The molecule has 1 heterocycles. The van der Waals surface area contributed by atoms with E-state index in [0.717, 1.165) is 25.8 Å². The van der Waals surface area contributed by atoms with Crippen LogP contribution in [0.4, 0.5) is 4.79 Å². The molecule has 19 heavy (non-hydrogen) atoms. The van der Waals surface area contributed by atoms with Crippen molar-refractivity contribution in [3.05, 3.63) is 0 Å². The molecule has 2 amide bonds. The van der Waals surface area contributed by atoms with Gasteiger partial charge in [-0.25, -0.2) is 4.79 Å². The van der Waals surface area contributed by atoms with Crippen molar-refractivity contribution < 1.29 is 19.8 Å². The zero-order valence-corrected chi connectivity index (χ0v) is 11.3. The van der Waals surface area contributed by atoms with Crippen LogP contribution in [0, 0.1) is 0 Å². The van der Waals surface area contributed by atoms with E-state index in [1.165, 1.54) is 0 Å². The number of rotatable bonds is 7. The lowest BCUT2D eigenvalue weighted by molar-refractivity contribution is -0.137. The second-order valence-corrected chi connectivity index (χ2v) is 4.94. The molecule has 3 N–H and O–H groups in total. The number of amides is 2. The van der Waals surface area contributed by atoms with Gasteiger partial charge in [-0.15, -0.1) is 0 Å². The molecular weight excluding hydrogens is 248 g/mol.